The lowest BCUT2D eigenvalue weighted by Gasteiger charge is -2.06. The number of fused-ring (bicyclic) bond motifs is 1. The van der Waals surface area contributed by atoms with E-state index < -0.39 is 11.6 Å². The number of aromatic nitrogens is 3. The van der Waals surface area contributed by atoms with Crippen LogP contribution in [0.4, 0.5) is 14.6 Å². The van der Waals surface area contributed by atoms with Gasteiger partial charge in [-0.15, -0.1) is 0 Å². The first kappa shape index (κ1) is 15.3. The third-order valence-corrected chi connectivity index (χ3v) is 4.04. The molecule has 2 heterocycles. The highest BCUT2D eigenvalue weighted by Gasteiger charge is 2.15. The van der Waals surface area contributed by atoms with Crippen molar-refractivity contribution in [1.82, 2.24) is 15.0 Å². The smallest absolute Gasteiger partial charge is 0.164 e. The summed E-state index contributed by atoms with van der Waals surface area (Å²) in [5.41, 5.74) is 9.30. The maximum Gasteiger partial charge on any atom is 0.164 e. The van der Waals surface area contributed by atoms with E-state index in [1.165, 1.54) is 6.07 Å². The van der Waals surface area contributed by atoms with Crippen LogP contribution in [0.25, 0.3) is 33.5 Å². The maximum absolute atomic E-state index is 13.9. The first-order chi connectivity index (χ1) is 12.0. The normalized spacial score (nSPS) is 11.2. The van der Waals surface area contributed by atoms with Crippen LogP contribution >= 0.6 is 0 Å². The number of rotatable bonds is 2. The van der Waals surface area contributed by atoms with Gasteiger partial charge in [-0.1, -0.05) is 29.8 Å². The van der Waals surface area contributed by atoms with Gasteiger partial charge in [0.1, 0.15) is 17.5 Å². The van der Waals surface area contributed by atoms with Crippen molar-refractivity contribution < 1.29 is 8.78 Å². The van der Waals surface area contributed by atoms with Crippen LogP contribution in [0.1, 0.15) is 5.56 Å². The lowest BCUT2D eigenvalue weighted by molar-refractivity contribution is 0.591. The first-order valence-corrected chi connectivity index (χ1v) is 7.69. The maximum atomic E-state index is 13.9. The summed E-state index contributed by atoms with van der Waals surface area (Å²) in [6.07, 6.45) is 1.56. The van der Waals surface area contributed by atoms with Gasteiger partial charge in [0.15, 0.2) is 5.82 Å². The highest BCUT2D eigenvalue weighted by molar-refractivity contribution is 5.94. The zero-order valence-electron chi connectivity index (χ0n) is 13.3. The molecule has 0 amide bonds. The molecule has 0 fully saturated rings. The molecule has 0 radical (unpaired) electrons. The standard InChI is InChI=1S/C19H14F2N4/c1-10-2-4-11(5-3-10)16-8-17(22)25-19(24-16)14-9-23-18-13(14)6-12(20)7-15(18)21/h2-9,23H,1H3,(H2,22,24,25). The van der Waals surface area contributed by atoms with Crippen LogP contribution < -0.4 is 5.73 Å². The van der Waals surface area contributed by atoms with Crippen molar-refractivity contribution in [3.8, 4) is 22.6 Å². The average Bonchev–Trinajstić information content (AvgIpc) is 2.99. The zero-order valence-corrected chi connectivity index (χ0v) is 13.3. The van der Waals surface area contributed by atoms with E-state index in [1.54, 1.807) is 12.3 Å². The van der Waals surface area contributed by atoms with Crippen LogP contribution in [0, 0.1) is 18.6 Å². The summed E-state index contributed by atoms with van der Waals surface area (Å²) in [6.45, 7) is 2.00. The van der Waals surface area contributed by atoms with Gasteiger partial charge in [0.05, 0.1) is 11.2 Å². The van der Waals surface area contributed by atoms with Crippen LogP contribution in [0.2, 0.25) is 0 Å². The molecular weight excluding hydrogens is 322 g/mol. The predicted molar refractivity (Wildman–Crippen MR) is 93.8 cm³/mol. The zero-order chi connectivity index (χ0) is 17.6. The summed E-state index contributed by atoms with van der Waals surface area (Å²) < 4.78 is 27.5. The average molecular weight is 336 g/mol. The molecule has 0 unspecified atom stereocenters. The Bertz CT molecular complexity index is 1080. The minimum absolute atomic E-state index is 0.208. The number of nitrogens with two attached hydrogens (primary N) is 1. The molecule has 0 aliphatic carbocycles. The molecule has 25 heavy (non-hydrogen) atoms. The van der Waals surface area contributed by atoms with E-state index in [0.717, 1.165) is 17.2 Å². The molecule has 0 atom stereocenters. The highest BCUT2D eigenvalue weighted by atomic mass is 19.1. The van der Waals surface area contributed by atoms with Crippen LogP contribution in [0.15, 0.2) is 48.7 Å². The number of nitrogens with zero attached hydrogens (tertiary/aromatic N) is 2. The topological polar surface area (TPSA) is 67.6 Å². The first-order valence-electron chi connectivity index (χ1n) is 7.69. The summed E-state index contributed by atoms with van der Waals surface area (Å²) >= 11 is 0. The van der Waals surface area contributed by atoms with Gasteiger partial charge in [-0.25, -0.2) is 18.7 Å². The van der Waals surface area contributed by atoms with Gasteiger partial charge in [0.2, 0.25) is 0 Å². The van der Waals surface area contributed by atoms with Gasteiger partial charge in [-0.05, 0) is 13.0 Å². The van der Waals surface area contributed by atoms with Crippen LogP contribution in [0.5, 0.6) is 0 Å². The Kier molecular flexibility index (Phi) is 3.46. The molecule has 0 aliphatic heterocycles. The van der Waals surface area contributed by atoms with Gasteiger partial charge in [-0.3, -0.25) is 0 Å². The van der Waals surface area contributed by atoms with E-state index >= 15 is 0 Å². The Morgan fingerprint density at radius 1 is 1.00 bits per heavy atom. The minimum Gasteiger partial charge on any atom is -0.384 e. The number of nitrogens with one attached hydrogen (secondary N) is 1. The molecule has 0 saturated heterocycles. The van der Waals surface area contributed by atoms with E-state index in [2.05, 4.69) is 15.0 Å². The Morgan fingerprint density at radius 3 is 2.52 bits per heavy atom. The molecule has 4 aromatic rings. The van der Waals surface area contributed by atoms with E-state index in [0.29, 0.717) is 22.5 Å². The number of benzene rings is 2. The Morgan fingerprint density at radius 2 is 1.76 bits per heavy atom. The number of anilines is 1. The molecular formula is C19H14F2N4. The van der Waals surface area contributed by atoms with Crippen molar-refractivity contribution in [3.63, 3.8) is 0 Å². The number of aromatic amines is 1. The second kappa shape index (κ2) is 5.66. The molecule has 0 spiro atoms. The molecule has 2 aromatic heterocycles. The highest BCUT2D eigenvalue weighted by Crippen LogP contribution is 2.30. The molecule has 0 saturated carbocycles. The van der Waals surface area contributed by atoms with Crippen LogP contribution in [-0.4, -0.2) is 15.0 Å². The van der Waals surface area contributed by atoms with Crippen molar-refractivity contribution in [2.24, 2.45) is 0 Å². The third kappa shape index (κ3) is 2.71. The molecule has 0 aliphatic rings. The number of aryl methyl sites for hydroxylation is 1. The van der Waals surface area contributed by atoms with E-state index in [-0.39, 0.29) is 11.3 Å². The summed E-state index contributed by atoms with van der Waals surface area (Å²) in [6, 6.07) is 11.6. The Hall–Kier alpha value is -3.28. The summed E-state index contributed by atoms with van der Waals surface area (Å²) in [7, 11) is 0. The fourth-order valence-electron chi connectivity index (χ4n) is 2.80. The molecule has 3 N–H and O–H groups in total. The minimum atomic E-state index is -0.663. The lowest BCUT2D eigenvalue weighted by atomic mass is 10.1. The predicted octanol–water partition coefficient (Wildman–Crippen LogP) is 4.46. The number of H-pyrrole nitrogens is 1. The number of hydrogen-bond donors (Lipinski definition) is 2. The van der Waals surface area contributed by atoms with E-state index in [4.69, 9.17) is 5.73 Å². The number of hydrogen-bond acceptors (Lipinski definition) is 3. The summed E-state index contributed by atoms with van der Waals surface area (Å²) in [5.74, 6) is -0.726. The Labute approximate surface area is 142 Å². The number of nitrogen functional groups attached to an aromatic ring is 1. The van der Waals surface area contributed by atoms with Crippen molar-refractivity contribution in [3.05, 3.63) is 65.9 Å². The van der Waals surface area contributed by atoms with E-state index in [1.807, 2.05) is 31.2 Å². The number of halogens is 2. The second-order valence-corrected chi connectivity index (χ2v) is 5.88. The molecule has 6 heteroatoms. The molecule has 2 aromatic carbocycles. The monoisotopic (exact) mass is 336 g/mol. The molecule has 124 valence electrons. The third-order valence-electron chi connectivity index (χ3n) is 4.04. The van der Waals surface area contributed by atoms with Crippen LogP contribution in [-0.2, 0) is 0 Å². The largest absolute Gasteiger partial charge is 0.384 e. The van der Waals surface area contributed by atoms with Crippen LogP contribution in [0.3, 0.4) is 0 Å². The lowest BCUT2D eigenvalue weighted by Crippen LogP contribution is -1.98. The fraction of sp³-hybridized carbons (Fsp3) is 0.0526. The van der Waals surface area contributed by atoms with Gasteiger partial charge in [0, 0.05) is 34.8 Å². The van der Waals surface area contributed by atoms with Gasteiger partial charge >= 0.3 is 0 Å². The SMILES string of the molecule is Cc1ccc(-c2cc(N)nc(-c3c[nH]c4c(F)cc(F)cc34)n2)cc1. The molecule has 0 bridgehead atoms. The molecule has 4 nitrogen and oxygen atoms in total. The fourth-order valence-corrected chi connectivity index (χ4v) is 2.80. The van der Waals surface area contributed by atoms with Crippen molar-refractivity contribution in [1.29, 1.82) is 0 Å². The van der Waals surface area contributed by atoms with Gasteiger partial charge in [0.25, 0.3) is 0 Å². The second-order valence-electron chi connectivity index (χ2n) is 5.88. The quantitative estimate of drug-likeness (QED) is 0.568. The van der Waals surface area contributed by atoms with Crippen molar-refractivity contribution in [2.45, 2.75) is 6.92 Å². The summed E-state index contributed by atoms with van der Waals surface area (Å²) in [5, 5.41) is 0.373. The van der Waals surface area contributed by atoms with E-state index in [9.17, 15) is 8.78 Å². The van der Waals surface area contributed by atoms with Crippen molar-refractivity contribution >= 4 is 16.7 Å². The van der Waals surface area contributed by atoms with Gasteiger partial charge in [-0.2, -0.15) is 0 Å². The van der Waals surface area contributed by atoms with Crippen molar-refractivity contribution in [2.75, 3.05) is 5.73 Å². The molecule has 4 rings (SSSR count). The Balaban J connectivity index is 1.90. The summed E-state index contributed by atoms with van der Waals surface area (Å²) in [4.78, 5) is 11.6. The van der Waals surface area contributed by atoms with Gasteiger partial charge < -0.3 is 10.7 Å².